The minimum atomic E-state index is -0.194. The van der Waals surface area contributed by atoms with Crippen LogP contribution in [0.1, 0.15) is 35.9 Å². The highest BCUT2D eigenvalue weighted by atomic mass is 19.1. The normalized spacial score (nSPS) is 22.2. The summed E-state index contributed by atoms with van der Waals surface area (Å²) in [6.07, 6.45) is 2.24. The molecule has 0 aromatic heterocycles. The lowest BCUT2D eigenvalue weighted by Gasteiger charge is -2.41. The van der Waals surface area contributed by atoms with Gasteiger partial charge in [0.1, 0.15) is 5.82 Å². The maximum atomic E-state index is 14.3. The van der Waals surface area contributed by atoms with Gasteiger partial charge in [-0.15, -0.1) is 0 Å². The molecule has 26 heavy (non-hydrogen) atoms. The van der Waals surface area contributed by atoms with Crippen LogP contribution in [0.15, 0.2) is 54.6 Å². The zero-order chi connectivity index (χ0) is 18.1. The molecule has 1 saturated carbocycles. The van der Waals surface area contributed by atoms with Crippen LogP contribution >= 0.6 is 0 Å². The summed E-state index contributed by atoms with van der Waals surface area (Å²) in [5.41, 5.74) is 1.79. The van der Waals surface area contributed by atoms with E-state index in [1.165, 1.54) is 6.07 Å². The fourth-order valence-electron chi connectivity index (χ4n) is 4.06. The second-order valence-electron chi connectivity index (χ2n) is 7.53. The molecule has 2 unspecified atom stereocenters. The number of halogens is 1. The molecule has 0 bridgehead atoms. The van der Waals surface area contributed by atoms with Crippen LogP contribution in [0.25, 0.3) is 0 Å². The number of hydrogen-bond donors (Lipinski definition) is 0. The number of piperazine rings is 1. The van der Waals surface area contributed by atoms with Crippen LogP contribution in [0.4, 0.5) is 4.39 Å². The third kappa shape index (κ3) is 3.38. The Morgan fingerprint density at radius 1 is 1.04 bits per heavy atom. The van der Waals surface area contributed by atoms with Crippen LogP contribution in [0.2, 0.25) is 0 Å². The summed E-state index contributed by atoms with van der Waals surface area (Å²) in [4.78, 5) is 17.5. The summed E-state index contributed by atoms with van der Waals surface area (Å²) in [6, 6.07) is 16.9. The first kappa shape index (κ1) is 17.2. The van der Waals surface area contributed by atoms with Crippen molar-refractivity contribution in [3.05, 3.63) is 71.5 Å². The molecule has 2 aromatic carbocycles. The number of amides is 1. The lowest BCUT2D eigenvalue weighted by atomic mass is 9.91. The van der Waals surface area contributed by atoms with Crippen LogP contribution < -0.4 is 0 Å². The maximum Gasteiger partial charge on any atom is 0.230 e. The van der Waals surface area contributed by atoms with Gasteiger partial charge in [0, 0.05) is 25.2 Å². The average Bonchev–Trinajstić information content (AvgIpc) is 3.49. The van der Waals surface area contributed by atoms with Crippen molar-refractivity contribution in [1.82, 2.24) is 9.80 Å². The second-order valence-corrected chi connectivity index (χ2v) is 7.53. The van der Waals surface area contributed by atoms with Gasteiger partial charge in [0.05, 0.1) is 12.0 Å². The first-order chi connectivity index (χ1) is 12.6. The van der Waals surface area contributed by atoms with E-state index in [9.17, 15) is 9.18 Å². The van der Waals surface area contributed by atoms with Crippen molar-refractivity contribution < 1.29 is 9.18 Å². The van der Waals surface area contributed by atoms with Crippen molar-refractivity contribution >= 4 is 5.91 Å². The summed E-state index contributed by atoms with van der Waals surface area (Å²) < 4.78 is 14.3. The van der Waals surface area contributed by atoms with Gasteiger partial charge in [0.15, 0.2) is 0 Å². The van der Waals surface area contributed by atoms with E-state index in [0.717, 1.165) is 24.9 Å². The SMILES string of the molecule is CN1CCN(C(=O)C(c2ccccc2)C2CC2)CC1c1ccccc1F. The molecule has 2 aromatic rings. The molecule has 1 saturated heterocycles. The predicted octanol–water partition coefficient (Wildman–Crippen LogP) is 3.83. The lowest BCUT2D eigenvalue weighted by Crippen LogP contribution is -2.50. The molecule has 2 fully saturated rings. The Balaban J connectivity index is 1.57. The van der Waals surface area contributed by atoms with Crippen molar-refractivity contribution in [1.29, 1.82) is 0 Å². The molecule has 2 atom stereocenters. The Morgan fingerprint density at radius 2 is 1.73 bits per heavy atom. The Kier molecular flexibility index (Phi) is 4.77. The third-order valence-corrected chi connectivity index (χ3v) is 5.74. The van der Waals surface area contributed by atoms with Crippen molar-refractivity contribution in [3.8, 4) is 0 Å². The number of nitrogens with zero attached hydrogens (tertiary/aromatic N) is 2. The van der Waals surface area contributed by atoms with E-state index in [1.807, 2.05) is 42.3 Å². The predicted molar refractivity (Wildman–Crippen MR) is 100 cm³/mol. The molecule has 1 heterocycles. The van der Waals surface area contributed by atoms with Crippen molar-refractivity contribution in [2.75, 3.05) is 26.7 Å². The number of carbonyl (C=O) groups excluding carboxylic acids is 1. The number of hydrogen-bond acceptors (Lipinski definition) is 2. The summed E-state index contributed by atoms with van der Waals surface area (Å²) in [5, 5.41) is 0. The topological polar surface area (TPSA) is 23.6 Å². The average molecular weight is 352 g/mol. The number of carbonyl (C=O) groups is 1. The van der Waals surface area contributed by atoms with Gasteiger partial charge in [0.25, 0.3) is 0 Å². The molecule has 1 amide bonds. The first-order valence-electron chi connectivity index (χ1n) is 9.43. The van der Waals surface area contributed by atoms with Crippen molar-refractivity contribution in [2.24, 2.45) is 5.92 Å². The summed E-state index contributed by atoms with van der Waals surface area (Å²) in [5.74, 6) is 0.408. The molecule has 136 valence electrons. The van der Waals surface area contributed by atoms with Crippen LogP contribution in [0.5, 0.6) is 0 Å². The maximum absolute atomic E-state index is 14.3. The van der Waals surface area contributed by atoms with E-state index in [2.05, 4.69) is 17.0 Å². The Hall–Kier alpha value is -2.20. The Bertz CT molecular complexity index is 775. The second kappa shape index (κ2) is 7.20. The Morgan fingerprint density at radius 3 is 2.42 bits per heavy atom. The van der Waals surface area contributed by atoms with Crippen LogP contribution in [0, 0.1) is 11.7 Å². The lowest BCUT2D eigenvalue weighted by molar-refractivity contribution is -0.136. The van der Waals surface area contributed by atoms with E-state index < -0.39 is 0 Å². The smallest absolute Gasteiger partial charge is 0.230 e. The minimum Gasteiger partial charge on any atom is -0.339 e. The molecule has 1 aliphatic heterocycles. The Labute approximate surface area is 154 Å². The van der Waals surface area contributed by atoms with Gasteiger partial charge >= 0.3 is 0 Å². The van der Waals surface area contributed by atoms with E-state index in [4.69, 9.17) is 0 Å². The van der Waals surface area contributed by atoms with Gasteiger partial charge in [-0.1, -0.05) is 48.5 Å². The largest absolute Gasteiger partial charge is 0.339 e. The summed E-state index contributed by atoms with van der Waals surface area (Å²) >= 11 is 0. The fourth-order valence-corrected chi connectivity index (χ4v) is 4.06. The number of rotatable bonds is 4. The molecular formula is C22H25FN2O. The minimum absolute atomic E-state index is 0.0547. The van der Waals surface area contributed by atoms with E-state index in [0.29, 0.717) is 24.6 Å². The molecule has 1 aliphatic carbocycles. The molecule has 3 nitrogen and oxygen atoms in total. The van der Waals surface area contributed by atoms with Gasteiger partial charge in [-0.05, 0) is 37.4 Å². The van der Waals surface area contributed by atoms with Gasteiger partial charge < -0.3 is 4.90 Å². The van der Waals surface area contributed by atoms with Crippen molar-refractivity contribution in [3.63, 3.8) is 0 Å². The van der Waals surface area contributed by atoms with Crippen LogP contribution in [-0.4, -0.2) is 42.4 Å². The zero-order valence-corrected chi connectivity index (χ0v) is 15.1. The molecule has 0 N–H and O–H groups in total. The van der Waals surface area contributed by atoms with E-state index in [1.54, 1.807) is 6.07 Å². The highest BCUT2D eigenvalue weighted by Crippen LogP contribution is 2.44. The standard InChI is InChI=1S/C22H25FN2O/c1-24-13-14-25(15-20(24)18-9-5-6-10-19(18)23)22(26)21(17-11-12-17)16-7-3-2-4-8-16/h2-10,17,20-21H,11-15H2,1H3. The van der Waals surface area contributed by atoms with Gasteiger partial charge in [-0.2, -0.15) is 0 Å². The van der Waals surface area contributed by atoms with Gasteiger partial charge in [0.2, 0.25) is 5.91 Å². The van der Waals surface area contributed by atoms with Gasteiger partial charge in [-0.3, -0.25) is 9.69 Å². The quantitative estimate of drug-likeness (QED) is 0.835. The number of benzene rings is 2. The summed E-state index contributed by atoms with van der Waals surface area (Å²) in [6.45, 7) is 2.01. The fraction of sp³-hybridized carbons (Fsp3) is 0.409. The van der Waals surface area contributed by atoms with Crippen molar-refractivity contribution in [2.45, 2.75) is 24.8 Å². The van der Waals surface area contributed by atoms with Gasteiger partial charge in [-0.25, -0.2) is 4.39 Å². The highest BCUT2D eigenvalue weighted by molar-refractivity contribution is 5.84. The first-order valence-corrected chi connectivity index (χ1v) is 9.43. The monoisotopic (exact) mass is 352 g/mol. The third-order valence-electron chi connectivity index (χ3n) is 5.74. The van der Waals surface area contributed by atoms with Crippen LogP contribution in [-0.2, 0) is 4.79 Å². The highest BCUT2D eigenvalue weighted by Gasteiger charge is 2.41. The molecular weight excluding hydrogens is 327 g/mol. The molecule has 4 heteroatoms. The number of likely N-dealkylation sites (N-methyl/N-ethyl adjacent to an activating group) is 1. The summed E-state index contributed by atoms with van der Waals surface area (Å²) in [7, 11) is 2.01. The zero-order valence-electron chi connectivity index (χ0n) is 15.1. The van der Waals surface area contributed by atoms with E-state index >= 15 is 0 Å². The molecule has 0 radical (unpaired) electrons. The molecule has 2 aliphatic rings. The molecule has 0 spiro atoms. The van der Waals surface area contributed by atoms with E-state index in [-0.39, 0.29) is 23.7 Å². The van der Waals surface area contributed by atoms with Crippen LogP contribution in [0.3, 0.4) is 0 Å². The molecule has 4 rings (SSSR count).